The van der Waals surface area contributed by atoms with Gasteiger partial charge in [-0.1, -0.05) is 30.3 Å². The maximum Gasteiger partial charge on any atom is 0.245 e. The molecule has 30 heavy (non-hydrogen) atoms. The normalized spacial score (nSPS) is 16.1. The van der Waals surface area contributed by atoms with Crippen molar-refractivity contribution in [2.45, 2.75) is 39.2 Å². The van der Waals surface area contributed by atoms with Gasteiger partial charge in [0.1, 0.15) is 11.9 Å². The Kier molecular flexibility index (Phi) is 6.02. The van der Waals surface area contributed by atoms with Gasteiger partial charge in [-0.2, -0.15) is 0 Å². The number of amides is 1. The van der Waals surface area contributed by atoms with E-state index in [9.17, 15) is 4.79 Å². The highest BCUT2D eigenvalue weighted by atomic mass is 16.2. The molecule has 1 unspecified atom stereocenters. The topological polar surface area (TPSA) is 71.0 Å². The van der Waals surface area contributed by atoms with Gasteiger partial charge in [0.2, 0.25) is 5.91 Å². The van der Waals surface area contributed by atoms with Gasteiger partial charge in [-0.25, -0.2) is 9.97 Å². The van der Waals surface area contributed by atoms with Crippen LogP contribution in [0.4, 0.5) is 5.82 Å². The molecule has 0 bridgehead atoms. The summed E-state index contributed by atoms with van der Waals surface area (Å²) in [6, 6.07) is 14.0. The third-order valence-electron chi connectivity index (χ3n) is 5.67. The summed E-state index contributed by atoms with van der Waals surface area (Å²) in [5.74, 6) is 1.54. The van der Waals surface area contributed by atoms with Gasteiger partial charge >= 0.3 is 0 Å². The Balaban J connectivity index is 1.41. The lowest BCUT2D eigenvalue weighted by Crippen LogP contribution is -2.34. The minimum Gasteiger partial charge on any atom is -0.358 e. The Bertz CT molecular complexity index is 1010. The summed E-state index contributed by atoms with van der Waals surface area (Å²) >= 11 is 0. The second-order valence-electron chi connectivity index (χ2n) is 7.74. The number of rotatable bonds is 7. The van der Waals surface area contributed by atoms with E-state index in [1.807, 2.05) is 36.9 Å². The number of nitrogens with one attached hydrogen (secondary N) is 1. The molecule has 0 spiro atoms. The highest BCUT2D eigenvalue weighted by Crippen LogP contribution is 2.24. The first-order valence-corrected chi connectivity index (χ1v) is 10.5. The van der Waals surface area contributed by atoms with Crippen LogP contribution in [-0.2, 0) is 11.2 Å². The average molecular weight is 402 g/mol. The average Bonchev–Trinajstić information content (AvgIpc) is 3.12. The molecule has 4 rings (SSSR count). The van der Waals surface area contributed by atoms with Crippen molar-refractivity contribution in [2.75, 3.05) is 18.4 Å². The first kappa shape index (κ1) is 20.0. The molecule has 1 aromatic carbocycles. The molecule has 1 saturated heterocycles. The molecule has 2 aromatic heterocycles. The van der Waals surface area contributed by atoms with E-state index in [1.54, 1.807) is 12.4 Å². The first-order chi connectivity index (χ1) is 14.6. The predicted octanol–water partition coefficient (Wildman–Crippen LogP) is 3.80. The van der Waals surface area contributed by atoms with Crippen molar-refractivity contribution >= 4 is 11.7 Å². The molecule has 3 heterocycles. The van der Waals surface area contributed by atoms with E-state index < -0.39 is 0 Å². The summed E-state index contributed by atoms with van der Waals surface area (Å²) in [4.78, 5) is 28.3. The number of anilines is 1. The molecule has 0 aliphatic carbocycles. The number of benzene rings is 1. The van der Waals surface area contributed by atoms with Crippen molar-refractivity contribution in [1.29, 1.82) is 0 Å². The van der Waals surface area contributed by atoms with Crippen molar-refractivity contribution < 1.29 is 4.79 Å². The number of carbonyl (C=O) groups is 1. The fraction of sp³-hybridized carbons (Fsp3) is 0.333. The Morgan fingerprint density at radius 2 is 1.83 bits per heavy atom. The predicted molar refractivity (Wildman–Crippen MR) is 118 cm³/mol. The highest BCUT2D eigenvalue weighted by molar-refractivity contribution is 5.86. The fourth-order valence-electron chi connectivity index (χ4n) is 3.78. The first-order valence-electron chi connectivity index (χ1n) is 10.5. The number of likely N-dealkylation sites (tertiary alicyclic amines) is 1. The molecule has 1 amide bonds. The number of aryl methyl sites for hydroxylation is 2. The van der Waals surface area contributed by atoms with E-state index in [2.05, 4.69) is 39.6 Å². The summed E-state index contributed by atoms with van der Waals surface area (Å²) in [6.07, 6.45) is 6.21. The van der Waals surface area contributed by atoms with Crippen molar-refractivity contribution in [2.24, 2.45) is 0 Å². The van der Waals surface area contributed by atoms with Gasteiger partial charge in [0.05, 0.1) is 0 Å². The molecule has 6 nitrogen and oxygen atoms in total. The van der Waals surface area contributed by atoms with Gasteiger partial charge in [0, 0.05) is 42.3 Å². The number of hydrogen-bond acceptors (Lipinski definition) is 5. The van der Waals surface area contributed by atoms with Crippen LogP contribution in [0.1, 0.15) is 29.7 Å². The van der Waals surface area contributed by atoms with Crippen LogP contribution < -0.4 is 5.32 Å². The van der Waals surface area contributed by atoms with Crippen LogP contribution in [0.5, 0.6) is 0 Å². The molecular formula is C24H27N5O. The largest absolute Gasteiger partial charge is 0.358 e. The van der Waals surface area contributed by atoms with Gasteiger partial charge < -0.3 is 10.2 Å². The smallest absolute Gasteiger partial charge is 0.245 e. The van der Waals surface area contributed by atoms with Crippen LogP contribution in [-0.4, -0.2) is 44.9 Å². The zero-order valence-electron chi connectivity index (χ0n) is 17.5. The van der Waals surface area contributed by atoms with Crippen LogP contribution in [0.2, 0.25) is 0 Å². The number of carbonyl (C=O) groups excluding carboxylic acids is 1. The quantitative estimate of drug-likeness (QED) is 0.652. The van der Waals surface area contributed by atoms with Crippen LogP contribution in [0.3, 0.4) is 0 Å². The van der Waals surface area contributed by atoms with E-state index in [0.29, 0.717) is 5.82 Å². The van der Waals surface area contributed by atoms with Gasteiger partial charge in [0.15, 0.2) is 5.82 Å². The van der Waals surface area contributed by atoms with Crippen molar-refractivity contribution in [1.82, 2.24) is 19.9 Å². The number of nitrogens with zero attached hydrogens (tertiary/aromatic N) is 4. The third-order valence-corrected chi connectivity index (χ3v) is 5.67. The molecule has 1 aliphatic rings. The molecule has 154 valence electrons. The molecule has 0 saturated carbocycles. The van der Waals surface area contributed by atoms with Gasteiger partial charge in [-0.3, -0.25) is 9.78 Å². The van der Waals surface area contributed by atoms with E-state index in [-0.39, 0.29) is 11.9 Å². The lowest BCUT2D eigenvalue weighted by Gasteiger charge is -2.19. The van der Waals surface area contributed by atoms with Gasteiger partial charge in [0.25, 0.3) is 0 Å². The monoisotopic (exact) mass is 401 g/mol. The summed E-state index contributed by atoms with van der Waals surface area (Å²) in [6.45, 7) is 5.53. The molecule has 1 aliphatic heterocycles. The van der Waals surface area contributed by atoms with Crippen LogP contribution in [0.25, 0.3) is 11.4 Å². The molecule has 0 radical (unpaired) electrons. The highest BCUT2D eigenvalue weighted by Gasteiger charge is 2.31. The molecular weight excluding hydrogens is 374 g/mol. The van der Waals surface area contributed by atoms with E-state index in [4.69, 9.17) is 4.98 Å². The Morgan fingerprint density at radius 3 is 2.60 bits per heavy atom. The number of aromatic nitrogens is 3. The summed E-state index contributed by atoms with van der Waals surface area (Å²) in [5, 5.41) is 3.39. The van der Waals surface area contributed by atoms with Crippen LogP contribution in [0.15, 0.2) is 54.9 Å². The Hall–Kier alpha value is -3.28. The molecule has 3 aromatic rings. The van der Waals surface area contributed by atoms with Crippen molar-refractivity contribution in [3.05, 3.63) is 71.7 Å². The Labute approximate surface area is 177 Å². The number of hydrogen-bond donors (Lipinski definition) is 1. The van der Waals surface area contributed by atoms with Crippen molar-refractivity contribution in [3.8, 4) is 11.4 Å². The molecule has 1 N–H and O–H groups in total. The van der Waals surface area contributed by atoms with Crippen LogP contribution >= 0.6 is 0 Å². The zero-order valence-corrected chi connectivity index (χ0v) is 17.5. The maximum atomic E-state index is 12.9. The minimum absolute atomic E-state index is 0.157. The van der Waals surface area contributed by atoms with E-state index in [1.165, 1.54) is 5.56 Å². The second kappa shape index (κ2) is 9.03. The van der Waals surface area contributed by atoms with Gasteiger partial charge in [-0.15, -0.1) is 0 Å². The van der Waals surface area contributed by atoms with E-state index >= 15 is 0 Å². The zero-order chi connectivity index (χ0) is 20.9. The SMILES string of the molecule is Cc1nc(-c2ccncc2)nc(NC2CCN(CCCc3ccccc3)C2=O)c1C. The second-order valence-corrected chi connectivity index (χ2v) is 7.74. The van der Waals surface area contributed by atoms with Crippen molar-refractivity contribution in [3.63, 3.8) is 0 Å². The lowest BCUT2D eigenvalue weighted by atomic mass is 10.1. The maximum absolute atomic E-state index is 12.9. The Morgan fingerprint density at radius 1 is 1.07 bits per heavy atom. The molecule has 1 atom stereocenters. The number of pyridine rings is 1. The molecule has 1 fully saturated rings. The summed E-state index contributed by atoms with van der Waals surface area (Å²) in [7, 11) is 0. The third kappa shape index (κ3) is 4.48. The molecule has 6 heteroatoms. The van der Waals surface area contributed by atoms with Gasteiger partial charge in [-0.05, 0) is 50.8 Å². The van der Waals surface area contributed by atoms with E-state index in [0.717, 1.165) is 55.0 Å². The fourth-order valence-corrected chi connectivity index (χ4v) is 3.78. The summed E-state index contributed by atoms with van der Waals surface area (Å²) in [5.41, 5.74) is 4.11. The van der Waals surface area contributed by atoms with Crippen LogP contribution in [0, 0.1) is 13.8 Å². The summed E-state index contributed by atoms with van der Waals surface area (Å²) < 4.78 is 0. The minimum atomic E-state index is -0.236. The standard InChI is InChI=1S/C24H27N5O/c1-17-18(2)26-23(20-10-13-25-14-11-20)28-22(17)27-21-12-16-29(24(21)30)15-6-9-19-7-4-3-5-8-19/h3-5,7-8,10-11,13-14,21H,6,9,12,15-16H2,1-2H3,(H,26,27,28). The lowest BCUT2D eigenvalue weighted by molar-refractivity contribution is -0.128.